The predicted octanol–water partition coefficient (Wildman–Crippen LogP) is 4.56. The summed E-state index contributed by atoms with van der Waals surface area (Å²) in [6, 6.07) is 23.1. The van der Waals surface area contributed by atoms with E-state index in [2.05, 4.69) is 10.6 Å². The van der Waals surface area contributed by atoms with E-state index in [1.54, 1.807) is 13.2 Å². The molecule has 172 valence electrons. The Kier molecular flexibility index (Phi) is 6.16. The van der Waals surface area contributed by atoms with E-state index in [1.807, 2.05) is 66.7 Å². The third-order valence-corrected chi connectivity index (χ3v) is 5.73. The van der Waals surface area contributed by atoms with E-state index in [9.17, 15) is 4.79 Å². The number of nitrogens with one attached hydrogen (secondary N) is 2. The number of aromatic nitrogens is 1. The minimum atomic E-state index is -0.127. The summed E-state index contributed by atoms with van der Waals surface area (Å²) in [6.07, 6.45) is 0.730. The highest BCUT2D eigenvalue weighted by atomic mass is 16.7. The Morgan fingerprint density at radius 1 is 0.971 bits per heavy atom. The number of nitrogens with zero attached hydrogens (tertiary/aromatic N) is 1. The van der Waals surface area contributed by atoms with Crippen LogP contribution in [0, 0.1) is 0 Å². The number of fused-ring (bicyclic) bond motifs is 2. The van der Waals surface area contributed by atoms with Crippen molar-refractivity contribution in [1.29, 1.82) is 0 Å². The van der Waals surface area contributed by atoms with Crippen molar-refractivity contribution in [2.45, 2.75) is 13.0 Å². The van der Waals surface area contributed by atoms with E-state index in [0.717, 1.165) is 45.7 Å². The van der Waals surface area contributed by atoms with Crippen LogP contribution >= 0.6 is 0 Å². The van der Waals surface area contributed by atoms with E-state index in [4.69, 9.17) is 19.2 Å². The number of para-hydroxylation sites is 1. The Morgan fingerprint density at radius 2 is 1.76 bits per heavy atom. The highest BCUT2D eigenvalue weighted by Crippen LogP contribution is 2.32. The van der Waals surface area contributed by atoms with Crippen LogP contribution in [0.1, 0.15) is 21.5 Å². The highest BCUT2D eigenvalue weighted by molar-refractivity contribution is 6.07. The molecule has 34 heavy (non-hydrogen) atoms. The summed E-state index contributed by atoms with van der Waals surface area (Å²) in [6.45, 7) is 1.32. The molecule has 1 aliphatic heterocycles. The molecule has 7 heteroatoms. The van der Waals surface area contributed by atoms with Crippen molar-refractivity contribution in [2.24, 2.45) is 0 Å². The first-order valence-electron chi connectivity index (χ1n) is 11.1. The fourth-order valence-corrected chi connectivity index (χ4v) is 3.91. The van der Waals surface area contributed by atoms with Gasteiger partial charge >= 0.3 is 0 Å². The third kappa shape index (κ3) is 4.73. The molecular formula is C27H25N3O4. The number of amides is 1. The van der Waals surface area contributed by atoms with E-state index >= 15 is 0 Å². The number of hydrogen-bond donors (Lipinski definition) is 2. The lowest BCUT2D eigenvalue weighted by Gasteiger charge is -2.12. The van der Waals surface area contributed by atoms with Gasteiger partial charge in [-0.1, -0.05) is 36.4 Å². The van der Waals surface area contributed by atoms with Crippen LogP contribution in [-0.2, 0) is 13.0 Å². The zero-order valence-electron chi connectivity index (χ0n) is 18.8. The maximum atomic E-state index is 13.1. The largest absolute Gasteiger partial charge is 0.497 e. The van der Waals surface area contributed by atoms with Gasteiger partial charge in [0.15, 0.2) is 11.5 Å². The van der Waals surface area contributed by atoms with Crippen molar-refractivity contribution < 1.29 is 19.0 Å². The smallest absolute Gasteiger partial charge is 0.252 e. The predicted molar refractivity (Wildman–Crippen MR) is 131 cm³/mol. The van der Waals surface area contributed by atoms with Crippen LogP contribution in [0.15, 0.2) is 72.8 Å². The second-order valence-corrected chi connectivity index (χ2v) is 7.97. The quantitative estimate of drug-likeness (QED) is 0.406. The number of rotatable bonds is 8. The van der Waals surface area contributed by atoms with E-state index in [-0.39, 0.29) is 12.7 Å². The van der Waals surface area contributed by atoms with Crippen LogP contribution in [0.3, 0.4) is 0 Å². The van der Waals surface area contributed by atoms with Crippen molar-refractivity contribution in [3.05, 3.63) is 89.5 Å². The number of pyridine rings is 1. The molecule has 7 nitrogen and oxygen atoms in total. The van der Waals surface area contributed by atoms with Gasteiger partial charge in [0.2, 0.25) is 6.79 Å². The first-order chi connectivity index (χ1) is 16.7. The first kappa shape index (κ1) is 21.6. The van der Waals surface area contributed by atoms with E-state index < -0.39 is 0 Å². The summed E-state index contributed by atoms with van der Waals surface area (Å²) in [7, 11) is 1.65. The number of anilines is 1. The van der Waals surface area contributed by atoms with Crippen LogP contribution in [0.5, 0.6) is 17.2 Å². The van der Waals surface area contributed by atoms with Gasteiger partial charge in [0.05, 0.1) is 18.2 Å². The number of methoxy groups -OCH3 is 1. The van der Waals surface area contributed by atoms with Crippen molar-refractivity contribution >= 4 is 22.6 Å². The minimum Gasteiger partial charge on any atom is -0.497 e. The molecule has 3 aromatic carbocycles. The van der Waals surface area contributed by atoms with Crippen LogP contribution in [0.2, 0.25) is 0 Å². The molecule has 5 rings (SSSR count). The van der Waals surface area contributed by atoms with Gasteiger partial charge in [0, 0.05) is 18.5 Å². The lowest BCUT2D eigenvalue weighted by atomic mass is 10.1. The van der Waals surface area contributed by atoms with E-state index in [1.165, 1.54) is 0 Å². The molecule has 0 saturated carbocycles. The summed E-state index contributed by atoms with van der Waals surface area (Å²) in [5.41, 5.74) is 3.52. The lowest BCUT2D eigenvalue weighted by Crippen LogP contribution is -2.26. The normalized spacial score (nSPS) is 11.9. The molecule has 0 fully saturated rings. The number of benzene rings is 3. The average molecular weight is 456 g/mol. The van der Waals surface area contributed by atoms with Gasteiger partial charge in [-0.3, -0.25) is 4.79 Å². The zero-order valence-corrected chi connectivity index (χ0v) is 18.8. The molecular weight excluding hydrogens is 430 g/mol. The first-order valence-corrected chi connectivity index (χ1v) is 11.1. The van der Waals surface area contributed by atoms with Crippen LogP contribution < -0.4 is 24.8 Å². The Labute approximate surface area is 197 Å². The summed E-state index contributed by atoms with van der Waals surface area (Å²) >= 11 is 0. The summed E-state index contributed by atoms with van der Waals surface area (Å²) < 4.78 is 16.0. The zero-order chi connectivity index (χ0) is 23.3. The molecule has 0 saturated heterocycles. The molecule has 0 radical (unpaired) electrons. The molecule has 0 spiro atoms. The number of carbonyl (C=O) groups is 1. The van der Waals surface area contributed by atoms with Gasteiger partial charge in [-0.15, -0.1) is 0 Å². The van der Waals surface area contributed by atoms with Gasteiger partial charge in [0.25, 0.3) is 5.91 Å². The monoisotopic (exact) mass is 455 g/mol. The molecule has 0 aliphatic carbocycles. The molecule has 0 atom stereocenters. The molecule has 1 amide bonds. The Balaban J connectivity index is 1.29. The van der Waals surface area contributed by atoms with E-state index in [0.29, 0.717) is 24.5 Å². The van der Waals surface area contributed by atoms with Gasteiger partial charge in [-0.05, 0) is 53.9 Å². The second kappa shape index (κ2) is 9.70. The number of carbonyl (C=O) groups excluding carboxylic acids is 1. The maximum absolute atomic E-state index is 13.1. The number of hydrogen-bond acceptors (Lipinski definition) is 6. The molecule has 0 unspecified atom stereocenters. The SMILES string of the molecule is COc1ccc(CCNC(=O)c2cc(NCc3ccc4c(c3)OCO4)nc3ccccc23)cc1. The topological polar surface area (TPSA) is 81.7 Å². The number of ether oxygens (including phenoxy) is 3. The minimum absolute atomic E-state index is 0.127. The van der Waals surface area contributed by atoms with Crippen molar-refractivity contribution in [1.82, 2.24) is 10.3 Å². The fraction of sp³-hybridized carbons (Fsp3) is 0.185. The average Bonchev–Trinajstić information content (AvgIpc) is 3.35. The van der Waals surface area contributed by atoms with Crippen molar-refractivity contribution in [3.8, 4) is 17.2 Å². The highest BCUT2D eigenvalue weighted by Gasteiger charge is 2.15. The van der Waals surface area contributed by atoms with Gasteiger partial charge in [-0.2, -0.15) is 0 Å². The molecule has 1 aliphatic rings. The van der Waals surface area contributed by atoms with Crippen LogP contribution in [0.25, 0.3) is 10.9 Å². The Bertz CT molecular complexity index is 1320. The van der Waals surface area contributed by atoms with Gasteiger partial charge in [-0.25, -0.2) is 4.98 Å². The standard InChI is InChI=1S/C27H25N3O4/c1-32-20-9-6-18(7-10-20)12-13-28-27(31)22-15-26(30-23-5-3-2-4-21(22)23)29-16-19-8-11-24-25(14-19)34-17-33-24/h2-11,14-15H,12-13,16-17H2,1H3,(H,28,31)(H,29,30). The Hall–Kier alpha value is -4.26. The summed E-state index contributed by atoms with van der Waals surface area (Å²) in [5, 5.41) is 7.19. The third-order valence-electron chi connectivity index (χ3n) is 5.73. The summed E-state index contributed by atoms with van der Waals surface area (Å²) in [5.74, 6) is 2.82. The fourth-order valence-electron chi connectivity index (χ4n) is 3.91. The van der Waals surface area contributed by atoms with Crippen molar-refractivity contribution in [3.63, 3.8) is 0 Å². The molecule has 2 N–H and O–H groups in total. The van der Waals surface area contributed by atoms with Crippen molar-refractivity contribution in [2.75, 3.05) is 25.8 Å². The lowest BCUT2D eigenvalue weighted by molar-refractivity contribution is 0.0955. The van der Waals surface area contributed by atoms with Crippen LogP contribution in [-0.4, -0.2) is 31.3 Å². The maximum Gasteiger partial charge on any atom is 0.252 e. The van der Waals surface area contributed by atoms with Crippen LogP contribution in [0.4, 0.5) is 5.82 Å². The molecule has 2 heterocycles. The molecule has 1 aromatic heterocycles. The second-order valence-electron chi connectivity index (χ2n) is 7.97. The summed E-state index contributed by atoms with van der Waals surface area (Å²) in [4.78, 5) is 17.8. The Morgan fingerprint density at radius 3 is 2.62 bits per heavy atom. The van der Waals surface area contributed by atoms with Gasteiger partial charge in [0.1, 0.15) is 11.6 Å². The molecule has 0 bridgehead atoms. The van der Waals surface area contributed by atoms with Gasteiger partial charge < -0.3 is 24.8 Å². The molecule has 4 aromatic rings.